The third-order valence-corrected chi connectivity index (χ3v) is 4.03. The number of carbonyl (C=O) groups is 1. The fraction of sp³-hybridized carbons (Fsp3) is 0.533. The highest BCUT2D eigenvalue weighted by Crippen LogP contribution is 2.38. The average Bonchev–Trinajstić information content (AvgIpc) is 2.77. The van der Waals surface area contributed by atoms with E-state index in [9.17, 15) is 9.90 Å². The molecule has 0 radical (unpaired) electrons. The van der Waals surface area contributed by atoms with Gasteiger partial charge in [0.2, 0.25) is 5.91 Å². The van der Waals surface area contributed by atoms with Crippen LogP contribution in [0.1, 0.15) is 31.4 Å². The van der Waals surface area contributed by atoms with Gasteiger partial charge in [-0.3, -0.25) is 4.79 Å². The minimum atomic E-state index is -0.353. The van der Waals surface area contributed by atoms with E-state index < -0.39 is 0 Å². The first-order chi connectivity index (χ1) is 10.1. The van der Waals surface area contributed by atoms with Gasteiger partial charge in [0.25, 0.3) is 0 Å². The molecular weight excluding hydrogens is 290 g/mol. The van der Waals surface area contributed by atoms with Crippen LogP contribution in [0.25, 0.3) is 0 Å². The van der Waals surface area contributed by atoms with Gasteiger partial charge in [-0.15, -0.1) is 0 Å². The molecule has 0 saturated carbocycles. The molecule has 0 saturated heterocycles. The second-order valence-electron chi connectivity index (χ2n) is 5.17. The summed E-state index contributed by atoms with van der Waals surface area (Å²) >= 11 is 6.40. The number of nitrogens with zero attached hydrogens (tertiary/aromatic N) is 1. The van der Waals surface area contributed by atoms with Crippen LogP contribution in [0.2, 0.25) is 5.02 Å². The molecule has 1 aromatic carbocycles. The van der Waals surface area contributed by atoms with Crippen molar-refractivity contribution in [3.63, 3.8) is 0 Å². The lowest BCUT2D eigenvalue weighted by molar-refractivity contribution is -0.117. The monoisotopic (exact) mass is 311 g/mol. The predicted molar refractivity (Wildman–Crippen MR) is 86.1 cm³/mol. The molecule has 6 heteroatoms. The first-order valence-corrected chi connectivity index (χ1v) is 7.67. The molecule has 1 heterocycles. The lowest BCUT2D eigenvalue weighted by Crippen LogP contribution is -2.28. The van der Waals surface area contributed by atoms with Gasteiger partial charge in [-0.1, -0.05) is 24.9 Å². The van der Waals surface area contributed by atoms with Crippen LogP contribution < -0.4 is 15.5 Å². The van der Waals surface area contributed by atoms with Gasteiger partial charge in [-0.25, -0.2) is 0 Å². The van der Waals surface area contributed by atoms with Crippen LogP contribution in [-0.2, 0) is 4.79 Å². The fourth-order valence-electron chi connectivity index (χ4n) is 2.62. The molecule has 1 aliphatic heterocycles. The van der Waals surface area contributed by atoms with Gasteiger partial charge < -0.3 is 20.6 Å². The topological polar surface area (TPSA) is 64.6 Å². The maximum absolute atomic E-state index is 11.9. The van der Waals surface area contributed by atoms with E-state index in [-0.39, 0.29) is 18.6 Å². The van der Waals surface area contributed by atoms with Crippen molar-refractivity contribution in [1.82, 2.24) is 5.32 Å². The van der Waals surface area contributed by atoms with E-state index in [0.717, 1.165) is 36.3 Å². The third kappa shape index (κ3) is 3.31. The van der Waals surface area contributed by atoms with Crippen molar-refractivity contribution in [3.8, 4) is 0 Å². The molecule has 116 valence electrons. The standard InChI is InChI=1S/C15H22ClN3O2/c1-3-4-5-19(6-7-20)13-9-12-10(8-11(13)16)14(17-2)15(21)18-12/h8-9,14,17,20H,3-7H2,1-2H3,(H,18,21). The van der Waals surface area contributed by atoms with Crippen LogP contribution in [0, 0.1) is 0 Å². The van der Waals surface area contributed by atoms with E-state index in [0.29, 0.717) is 11.6 Å². The smallest absolute Gasteiger partial charge is 0.246 e. The van der Waals surface area contributed by atoms with Gasteiger partial charge in [0.05, 0.1) is 17.3 Å². The van der Waals surface area contributed by atoms with Crippen LogP contribution in [0.5, 0.6) is 0 Å². The van der Waals surface area contributed by atoms with Gasteiger partial charge in [0, 0.05) is 24.3 Å². The van der Waals surface area contributed by atoms with Gasteiger partial charge in [0.1, 0.15) is 6.04 Å². The number of aliphatic hydroxyl groups excluding tert-OH is 1. The van der Waals surface area contributed by atoms with Crippen molar-refractivity contribution >= 4 is 28.9 Å². The molecular formula is C15H22ClN3O2. The summed E-state index contributed by atoms with van der Waals surface area (Å²) in [6.07, 6.45) is 2.10. The molecule has 1 aromatic rings. The van der Waals surface area contributed by atoms with Gasteiger partial charge >= 0.3 is 0 Å². The number of likely N-dealkylation sites (N-methyl/N-ethyl adjacent to an activating group) is 1. The van der Waals surface area contributed by atoms with Crippen molar-refractivity contribution in [2.24, 2.45) is 0 Å². The second kappa shape index (κ2) is 7.11. The summed E-state index contributed by atoms with van der Waals surface area (Å²) in [5.74, 6) is -0.0667. The molecule has 3 N–H and O–H groups in total. The van der Waals surface area contributed by atoms with Crippen molar-refractivity contribution in [2.45, 2.75) is 25.8 Å². The van der Waals surface area contributed by atoms with E-state index in [2.05, 4.69) is 22.5 Å². The third-order valence-electron chi connectivity index (χ3n) is 3.73. The van der Waals surface area contributed by atoms with E-state index in [1.165, 1.54) is 0 Å². The molecule has 1 atom stereocenters. The highest BCUT2D eigenvalue weighted by atomic mass is 35.5. The van der Waals surface area contributed by atoms with Crippen LogP contribution in [0.4, 0.5) is 11.4 Å². The Morgan fingerprint density at radius 2 is 2.19 bits per heavy atom. The maximum atomic E-state index is 11.9. The molecule has 1 aliphatic rings. The summed E-state index contributed by atoms with van der Waals surface area (Å²) in [4.78, 5) is 13.9. The number of hydrogen-bond acceptors (Lipinski definition) is 4. The zero-order valence-electron chi connectivity index (χ0n) is 12.4. The number of nitrogens with one attached hydrogen (secondary N) is 2. The number of rotatable bonds is 7. The molecule has 1 unspecified atom stereocenters. The van der Waals surface area contributed by atoms with E-state index in [4.69, 9.17) is 11.6 Å². The minimum absolute atomic E-state index is 0.0667. The van der Waals surface area contributed by atoms with Crippen LogP contribution in [-0.4, -0.2) is 37.8 Å². The Bertz CT molecular complexity index is 522. The lowest BCUT2D eigenvalue weighted by Gasteiger charge is -2.25. The maximum Gasteiger partial charge on any atom is 0.246 e. The largest absolute Gasteiger partial charge is 0.395 e. The van der Waals surface area contributed by atoms with Crippen molar-refractivity contribution in [3.05, 3.63) is 22.7 Å². The van der Waals surface area contributed by atoms with E-state index in [1.807, 2.05) is 12.1 Å². The number of fused-ring (bicyclic) bond motifs is 1. The lowest BCUT2D eigenvalue weighted by atomic mass is 10.1. The average molecular weight is 312 g/mol. The highest BCUT2D eigenvalue weighted by molar-refractivity contribution is 6.33. The zero-order chi connectivity index (χ0) is 15.4. The summed E-state index contributed by atoms with van der Waals surface area (Å²) in [7, 11) is 1.75. The first-order valence-electron chi connectivity index (χ1n) is 7.29. The second-order valence-corrected chi connectivity index (χ2v) is 5.57. The molecule has 0 aromatic heterocycles. The normalized spacial score (nSPS) is 16.8. The SMILES string of the molecule is CCCCN(CCO)c1cc2c(cc1Cl)C(NC)C(=O)N2. The highest BCUT2D eigenvalue weighted by Gasteiger charge is 2.30. The van der Waals surface area contributed by atoms with Crippen LogP contribution >= 0.6 is 11.6 Å². The van der Waals surface area contributed by atoms with E-state index in [1.54, 1.807) is 7.05 Å². The number of halogens is 1. The number of carbonyl (C=O) groups excluding carboxylic acids is 1. The molecule has 21 heavy (non-hydrogen) atoms. The zero-order valence-corrected chi connectivity index (χ0v) is 13.2. The Morgan fingerprint density at radius 1 is 1.43 bits per heavy atom. The Kier molecular flexibility index (Phi) is 5.45. The molecule has 2 rings (SSSR count). The van der Waals surface area contributed by atoms with Crippen molar-refractivity contribution in [1.29, 1.82) is 0 Å². The Balaban J connectivity index is 2.33. The Morgan fingerprint density at radius 3 is 2.81 bits per heavy atom. The fourth-order valence-corrected chi connectivity index (χ4v) is 2.91. The quantitative estimate of drug-likeness (QED) is 0.722. The van der Waals surface area contributed by atoms with E-state index >= 15 is 0 Å². The van der Waals surface area contributed by atoms with Gasteiger partial charge in [0.15, 0.2) is 0 Å². The summed E-state index contributed by atoms with van der Waals surface area (Å²) in [6.45, 7) is 3.56. The number of hydrogen-bond donors (Lipinski definition) is 3. The summed E-state index contributed by atoms with van der Waals surface area (Å²) in [5, 5.41) is 15.7. The summed E-state index contributed by atoms with van der Waals surface area (Å²) in [6, 6.07) is 3.38. The Hall–Kier alpha value is -1.30. The minimum Gasteiger partial charge on any atom is -0.395 e. The van der Waals surface area contributed by atoms with Gasteiger partial charge in [-0.2, -0.15) is 0 Å². The molecule has 0 bridgehead atoms. The van der Waals surface area contributed by atoms with Crippen molar-refractivity contribution < 1.29 is 9.90 Å². The molecule has 5 nitrogen and oxygen atoms in total. The van der Waals surface area contributed by atoms with Crippen molar-refractivity contribution in [2.75, 3.05) is 37.0 Å². The molecule has 0 aliphatic carbocycles. The number of anilines is 2. The Labute approximate surface area is 130 Å². The van der Waals surface area contributed by atoms with Crippen LogP contribution in [0.3, 0.4) is 0 Å². The summed E-state index contributed by atoms with van der Waals surface area (Å²) in [5.41, 5.74) is 2.52. The number of unbranched alkanes of at least 4 members (excludes halogenated alkanes) is 1. The summed E-state index contributed by atoms with van der Waals surface area (Å²) < 4.78 is 0. The van der Waals surface area contributed by atoms with Crippen LogP contribution in [0.15, 0.2) is 12.1 Å². The number of amides is 1. The van der Waals surface area contributed by atoms with Gasteiger partial charge in [-0.05, 0) is 25.6 Å². The first kappa shape index (κ1) is 16.1. The predicted octanol–water partition coefficient (Wildman–Crippen LogP) is 2.15. The molecule has 0 fully saturated rings. The number of benzene rings is 1. The number of aliphatic hydroxyl groups is 1. The molecule has 0 spiro atoms. The molecule has 1 amide bonds.